The van der Waals surface area contributed by atoms with Gasteiger partial charge in [-0.3, -0.25) is 4.68 Å². The molecule has 0 aliphatic rings. The minimum absolute atomic E-state index is 0.206. The number of rotatable bonds is 3. The minimum atomic E-state index is -0.284. The fourth-order valence-electron chi connectivity index (χ4n) is 1.97. The summed E-state index contributed by atoms with van der Waals surface area (Å²) < 4.78 is 16.4. The molecule has 0 saturated heterocycles. The molecule has 6 heteroatoms. The molecule has 1 unspecified atom stereocenters. The van der Waals surface area contributed by atoms with Crippen LogP contribution in [-0.4, -0.2) is 9.78 Å². The molecule has 0 aliphatic carbocycles. The second-order valence-corrected chi connectivity index (χ2v) is 6.10. The molecule has 0 saturated carbocycles. The van der Waals surface area contributed by atoms with E-state index in [2.05, 4.69) is 37.0 Å². The molecule has 1 heterocycles. The largest absolute Gasteiger partial charge is 0.324 e. The van der Waals surface area contributed by atoms with Crippen LogP contribution in [0.1, 0.15) is 23.0 Å². The van der Waals surface area contributed by atoms with Crippen LogP contribution in [0.25, 0.3) is 0 Å². The van der Waals surface area contributed by atoms with E-state index in [1.807, 2.05) is 18.7 Å². The van der Waals surface area contributed by atoms with Gasteiger partial charge in [0.25, 0.3) is 0 Å². The van der Waals surface area contributed by atoms with Crippen LogP contribution >= 0.6 is 31.9 Å². The molecule has 1 aromatic heterocycles. The molecule has 19 heavy (non-hydrogen) atoms. The summed E-state index contributed by atoms with van der Waals surface area (Å²) in [5, 5.41) is 4.33. The summed E-state index contributed by atoms with van der Waals surface area (Å²) in [4.78, 5) is 0. The molecular weight excluding hydrogens is 377 g/mol. The predicted octanol–water partition coefficient (Wildman–Crippen LogP) is 3.64. The van der Waals surface area contributed by atoms with Gasteiger partial charge in [-0.05, 0) is 56.5 Å². The predicted molar refractivity (Wildman–Crippen MR) is 80.4 cm³/mol. The van der Waals surface area contributed by atoms with Crippen molar-refractivity contribution in [3.63, 3.8) is 0 Å². The molecule has 102 valence electrons. The van der Waals surface area contributed by atoms with Crippen molar-refractivity contribution in [1.29, 1.82) is 0 Å². The smallest absolute Gasteiger partial charge is 0.137 e. The third kappa shape index (κ3) is 3.07. The van der Waals surface area contributed by atoms with Crippen molar-refractivity contribution in [2.75, 3.05) is 0 Å². The van der Waals surface area contributed by atoms with Crippen LogP contribution < -0.4 is 5.73 Å². The van der Waals surface area contributed by atoms with Gasteiger partial charge >= 0.3 is 0 Å². The van der Waals surface area contributed by atoms with Crippen LogP contribution in [-0.2, 0) is 13.5 Å². The lowest BCUT2D eigenvalue weighted by molar-refractivity contribution is 0.613. The molecule has 2 N–H and O–H groups in total. The average Bonchev–Trinajstić information content (AvgIpc) is 2.59. The maximum absolute atomic E-state index is 13.2. The Balaban J connectivity index is 2.25. The van der Waals surface area contributed by atoms with E-state index in [9.17, 15) is 4.39 Å². The first-order valence-electron chi connectivity index (χ1n) is 5.78. The van der Waals surface area contributed by atoms with Gasteiger partial charge in [-0.2, -0.15) is 5.10 Å². The highest BCUT2D eigenvalue weighted by Gasteiger charge is 2.16. The molecule has 2 rings (SSSR count). The summed E-state index contributed by atoms with van der Waals surface area (Å²) in [7, 11) is 1.89. The molecule has 0 spiro atoms. The van der Waals surface area contributed by atoms with Crippen LogP contribution in [0, 0.1) is 12.7 Å². The molecule has 0 radical (unpaired) electrons. The second kappa shape index (κ2) is 5.73. The molecular formula is C13H14Br2FN3. The van der Waals surface area contributed by atoms with E-state index in [1.54, 1.807) is 12.1 Å². The standard InChI is InChI=1S/C13H14Br2FN3/c1-7-13(15)12(19(2)18-7)6-11(17)8-3-4-10(16)9(14)5-8/h3-5,11H,6,17H2,1-2H3. The number of benzene rings is 1. The van der Waals surface area contributed by atoms with E-state index >= 15 is 0 Å². The number of hydrogen-bond donors (Lipinski definition) is 1. The van der Waals surface area contributed by atoms with Gasteiger partial charge in [0.1, 0.15) is 5.82 Å². The second-order valence-electron chi connectivity index (χ2n) is 4.45. The third-order valence-electron chi connectivity index (χ3n) is 3.05. The molecule has 2 aromatic rings. The van der Waals surface area contributed by atoms with Crippen LogP contribution in [0.4, 0.5) is 4.39 Å². The van der Waals surface area contributed by atoms with Crippen LogP contribution in [0.15, 0.2) is 27.1 Å². The Hall–Kier alpha value is -0.720. The maximum Gasteiger partial charge on any atom is 0.137 e. The zero-order valence-electron chi connectivity index (χ0n) is 10.6. The summed E-state index contributed by atoms with van der Waals surface area (Å²) in [6.07, 6.45) is 0.635. The Morgan fingerprint density at radius 2 is 2.11 bits per heavy atom. The maximum atomic E-state index is 13.2. The van der Waals surface area contributed by atoms with Crippen molar-refractivity contribution < 1.29 is 4.39 Å². The zero-order valence-corrected chi connectivity index (χ0v) is 13.8. The summed E-state index contributed by atoms with van der Waals surface area (Å²) in [5.74, 6) is -0.284. The first-order chi connectivity index (χ1) is 8.90. The van der Waals surface area contributed by atoms with E-state index in [-0.39, 0.29) is 11.9 Å². The highest BCUT2D eigenvalue weighted by molar-refractivity contribution is 9.10. The summed E-state index contributed by atoms with van der Waals surface area (Å²) in [6, 6.07) is 4.64. The first-order valence-corrected chi connectivity index (χ1v) is 7.37. The van der Waals surface area contributed by atoms with Gasteiger partial charge in [-0.25, -0.2) is 4.39 Å². The first kappa shape index (κ1) is 14.7. The lowest BCUT2D eigenvalue weighted by Gasteiger charge is -2.13. The number of hydrogen-bond acceptors (Lipinski definition) is 2. The van der Waals surface area contributed by atoms with Crippen molar-refractivity contribution in [1.82, 2.24) is 9.78 Å². The highest BCUT2D eigenvalue weighted by Crippen LogP contribution is 2.26. The van der Waals surface area contributed by atoms with E-state index < -0.39 is 0 Å². The molecule has 0 aliphatic heterocycles. The minimum Gasteiger partial charge on any atom is -0.324 e. The van der Waals surface area contributed by atoms with Gasteiger partial charge in [0.05, 0.1) is 20.3 Å². The fourth-order valence-corrected chi connectivity index (χ4v) is 2.87. The summed E-state index contributed by atoms with van der Waals surface area (Å²) in [5.41, 5.74) is 9.04. The molecule has 3 nitrogen and oxygen atoms in total. The molecule has 1 atom stereocenters. The molecule has 0 amide bonds. The lowest BCUT2D eigenvalue weighted by atomic mass is 10.0. The van der Waals surface area contributed by atoms with Crippen molar-refractivity contribution in [3.05, 3.63) is 49.9 Å². The number of nitrogens with two attached hydrogens (primary N) is 1. The van der Waals surface area contributed by atoms with Gasteiger partial charge < -0.3 is 5.73 Å². The Labute approximate surface area is 128 Å². The normalized spacial score (nSPS) is 12.7. The van der Waals surface area contributed by atoms with E-state index in [0.717, 1.165) is 21.4 Å². The van der Waals surface area contributed by atoms with E-state index in [4.69, 9.17) is 5.73 Å². The number of aromatic nitrogens is 2. The topological polar surface area (TPSA) is 43.8 Å². The lowest BCUT2D eigenvalue weighted by Crippen LogP contribution is -2.15. The molecule has 0 fully saturated rings. The number of halogens is 3. The van der Waals surface area contributed by atoms with Gasteiger partial charge in [-0.15, -0.1) is 0 Å². The van der Waals surface area contributed by atoms with E-state index in [1.165, 1.54) is 6.07 Å². The number of nitrogens with zero attached hydrogens (tertiary/aromatic N) is 2. The Kier molecular flexibility index (Phi) is 4.43. The Morgan fingerprint density at radius 1 is 1.42 bits per heavy atom. The van der Waals surface area contributed by atoms with Gasteiger partial charge in [0.15, 0.2) is 0 Å². The van der Waals surface area contributed by atoms with Crippen LogP contribution in [0.2, 0.25) is 0 Å². The van der Waals surface area contributed by atoms with Crippen molar-refractivity contribution in [2.45, 2.75) is 19.4 Å². The van der Waals surface area contributed by atoms with Crippen molar-refractivity contribution in [2.24, 2.45) is 12.8 Å². The van der Waals surface area contributed by atoms with Crippen LogP contribution in [0.3, 0.4) is 0 Å². The van der Waals surface area contributed by atoms with Crippen molar-refractivity contribution in [3.8, 4) is 0 Å². The van der Waals surface area contributed by atoms with Crippen LogP contribution in [0.5, 0.6) is 0 Å². The number of aryl methyl sites for hydroxylation is 2. The Morgan fingerprint density at radius 3 is 2.63 bits per heavy atom. The monoisotopic (exact) mass is 389 g/mol. The van der Waals surface area contributed by atoms with Gasteiger partial charge in [-0.1, -0.05) is 6.07 Å². The zero-order chi connectivity index (χ0) is 14.2. The SMILES string of the molecule is Cc1nn(C)c(CC(N)c2ccc(F)c(Br)c2)c1Br. The van der Waals surface area contributed by atoms with E-state index in [0.29, 0.717) is 10.9 Å². The summed E-state index contributed by atoms with van der Waals surface area (Å²) >= 11 is 6.70. The average molecular weight is 391 g/mol. The quantitative estimate of drug-likeness (QED) is 0.869. The Bertz CT molecular complexity index is 610. The molecule has 0 bridgehead atoms. The van der Waals surface area contributed by atoms with Crippen molar-refractivity contribution >= 4 is 31.9 Å². The van der Waals surface area contributed by atoms with Gasteiger partial charge in [0.2, 0.25) is 0 Å². The highest BCUT2D eigenvalue weighted by atomic mass is 79.9. The third-order valence-corrected chi connectivity index (χ3v) is 4.69. The van der Waals surface area contributed by atoms with Gasteiger partial charge in [0, 0.05) is 19.5 Å². The summed E-state index contributed by atoms with van der Waals surface area (Å²) in [6.45, 7) is 1.94. The fraction of sp³-hybridized carbons (Fsp3) is 0.308. The molecule has 1 aromatic carbocycles.